The van der Waals surface area contributed by atoms with Gasteiger partial charge in [0.2, 0.25) is 5.95 Å². The minimum atomic E-state index is -0.490. The Morgan fingerprint density at radius 2 is 2.12 bits per heavy atom. The monoisotopic (exact) mass is 469 g/mol. The fraction of sp³-hybridized carbons (Fsp3) is 0.318. The van der Waals surface area contributed by atoms with Gasteiger partial charge in [0.15, 0.2) is 11.5 Å². The third-order valence-corrected chi connectivity index (χ3v) is 5.62. The number of hydrogen-bond acceptors (Lipinski definition) is 9. The molecule has 0 unspecified atom stereocenters. The fourth-order valence-electron chi connectivity index (χ4n) is 3.66. The van der Waals surface area contributed by atoms with Gasteiger partial charge in [-0.1, -0.05) is 17.7 Å². The number of ether oxygens (including phenoxy) is 1. The molecule has 1 atom stereocenters. The highest BCUT2D eigenvalue weighted by Gasteiger charge is 2.27. The van der Waals surface area contributed by atoms with Crippen LogP contribution in [0.15, 0.2) is 42.9 Å². The van der Waals surface area contributed by atoms with Crippen LogP contribution in [0.2, 0.25) is 5.02 Å². The van der Waals surface area contributed by atoms with Gasteiger partial charge in [0.1, 0.15) is 11.6 Å². The second kappa shape index (κ2) is 10.4. The predicted octanol–water partition coefficient (Wildman–Crippen LogP) is 2.75. The first-order valence-electron chi connectivity index (χ1n) is 10.5. The zero-order chi connectivity index (χ0) is 23.2. The van der Waals surface area contributed by atoms with Crippen LogP contribution in [0.4, 0.5) is 17.6 Å². The van der Waals surface area contributed by atoms with Gasteiger partial charge >= 0.3 is 0 Å². The maximum atomic E-state index is 12.9. The number of nitrogens with one attached hydrogen (secondary N) is 2. The summed E-state index contributed by atoms with van der Waals surface area (Å²) in [6.45, 7) is 1.15. The third kappa shape index (κ3) is 5.29. The molecule has 2 aromatic heterocycles. The van der Waals surface area contributed by atoms with Gasteiger partial charge in [-0.25, -0.2) is 19.9 Å². The van der Waals surface area contributed by atoms with Crippen molar-refractivity contribution in [3.05, 3.63) is 59.1 Å². The summed E-state index contributed by atoms with van der Waals surface area (Å²) in [5.74, 6) is 1.15. The average molecular weight is 470 g/mol. The maximum Gasteiger partial charge on any atom is 0.280 e. The van der Waals surface area contributed by atoms with Crippen LogP contribution in [0.25, 0.3) is 0 Å². The lowest BCUT2D eigenvalue weighted by Crippen LogP contribution is -2.33. The van der Waals surface area contributed by atoms with E-state index in [1.165, 1.54) is 12.4 Å². The standard InChI is InChI=1S/C22H24ClN7O3/c1-33-17-6-5-14(10-16(17)23)11-27-20-19(21(32)29-22-24-7-3-8-25-22)26-12-18(28-20)30-9-2-4-15(30)13-31/h3,5-8,10,12,15,31H,2,4,9,11,13H2,1H3,(H,27,28)(H,24,25,29,32)/t15-/m0/s1. The molecule has 3 heterocycles. The van der Waals surface area contributed by atoms with E-state index in [-0.39, 0.29) is 24.3 Å². The van der Waals surface area contributed by atoms with E-state index in [1.54, 1.807) is 31.5 Å². The molecular formula is C22H24ClN7O3. The number of carbonyl (C=O) groups is 1. The Hall–Kier alpha value is -3.50. The molecule has 1 fully saturated rings. The minimum Gasteiger partial charge on any atom is -0.495 e. The largest absolute Gasteiger partial charge is 0.495 e. The van der Waals surface area contributed by atoms with Crippen molar-refractivity contribution in [2.75, 3.05) is 35.8 Å². The lowest BCUT2D eigenvalue weighted by atomic mass is 10.2. The molecule has 11 heteroatoms. The number of aliphatic hydroxyl groups excluding tert-OH is 1. The lowest BCUT2D eigenvalue weighted by molar-refractivity contribution is 0.102. The molecule has 1 aromatic carbocycles. The van der Waals surface area contributed by atoms with E-state index < -0.39 is 5.91 Å². The van der Waals surface area contributed by atoms with E-state index in [0.717, 1.165) is 24.9 Å². The highest BCUT2D eigenvalue weighted by Crippen LogP contribution is 2.27. The Morgan fingerprint density at radius 3 is 2.85 bits per heavy atom. The summed E-state index contributed by atoms with van der Waals surface area (Å²) in [6.07, 6.45) is 6.44. The normalized spacial score (nSPS) is 15.4. The summed E-state index contributed by atoms with van der Waals surface area (Å²) in [6, 6.07) is 7.06. The van der Waals surface area contributed by atoms with Gasteiger partial charge in [0.25, 0.3) is 5.91 Å². The number of hydrogen-bond donors (Lipinski definition) is 3. The molecule has 0 bridgehead atoms. The highest BCUT2D eigenvalue weighted by molar-refractivity contribution is 6.32. The molecule has 1 aliphatic heterocycles. The predicted molar refractivity (Wildman–Crippen MR) is 125 cm³/mol. The number of rotatable bonds is 8. The second-order valence-corrected chi connectivity index (χ2v) is 7.85. The summed E-state index contributed by atoms with van der Waals surface area (Å²) < 4.78 is 5.20. The number of carbonyl (C=O) groups excluding carboxylic acids is 1. The van der Waals surface area contributed by atoms with Crippen LogP contribution < -0.4 is 20.3 Å². The molecule has 1 amide bonds. The molecular weight excluding hydrogens is 446 g/mol. The number of amides is 1. The summed E-state index contributed by atoms with van der Waals surface area (Å²) in [5, 5.41) is 16.0. The summed E-state index contributed by atoms with van der Waals surface area (Å²) in [4.78, 5) is 32.0. The smallest absolute Gasteiger partial charge is 0.280 e. The molecule has 10 nitrogen and oxygen atoms in total. The van der Waals surface area contributed by atoms with E-state index in [2.05, 4.69) is 30.6 Å². The molecule has 0 aliphatic carbocycles. The van der Waals surface area contributed by atoms with Crippen molar-refractivity contribution in [2.24, 2.45) is 0 Å². The Labute approximate surface area is 196 Å². The van der Waals surface area contributed by atoms with E-state index in [1.807, 2.05) is 11.0 Å². The number of nitrogens with zero attached hydrogens (tertiary/aromatic N) is 5. The number of aromatic nitrogens is 4. The minimum absolute atomic E-state index is 0.0232. The van der Waals surface area contributed by atoms with E-state index in [9.17, 15) is 9.90 Å². The van der Waals surface area contributed by atoms with Crippen molar-refractivity contribution in [2.45, 2.75) is 25.4 Å². The molecule has 1 saturated heterocycles. The van der Waals surface area contributed by atoms with Gasteiger partial charge < -0.3 is 20.1 Å². The zero-order valence-corrected chi connectivity index (χ0v) is 18.8. The Morgan fingerprint density at radius 1 is 1.30 bits per heavy atom. The molecule has 1 aliphatic rings. The molecule has 0 radical (unpaired) electrons. The Kier molecular flexibility index (Phi) is 7.16. The molecule has 3 N–H and O–H groups in total. The molecule has 0 spiro atoms. The SMILES string of the molecule is COc1ccc(CNc2nc(N3CCC[C@H]3CO)cnc2C(=O)Nc2ncccn2)cc1Cl. The van der Waals surface area contributed by atoms with Gasteiger partial charge in [-0.2, -0.15) is 0 Å². The number of aliphatic hydroxyl groups is 1. The average Bonchev–Trinajstić information content (AvgIpc) is 3.32. The van der Waals surface area contributed by atoms with E-state index in [0.29, 0.717) is 29.0 Å². The van der Waals surface area contributed by atoms with Gasteiger partial charge in [-0.05, 0) is 36.6 Å². The molecule has 4 rings (SSSR count). The van der Waals surface area contributed by atoms with Crippen molar-refractivity contribution >= 4 is 35.1 Å². The van der Waals surface area contributed by atoms with Crippen LogP contribution in [0.1, 0.15) is 28.9 Å². The quantitative estimate of drug-likeness (QED) is 0.456. The van der Waals surface area contributed by atoms with Gasteiger partial charge in [0.05, 0.1) is 31.0 Å². The number of methoxy groups -OCH3 is 1. The van der Waals surface area contributed by atoms with Crippen molar-refractivity contribution < 1.29 is 14.6 Å². The summed E-state index contributed by atoms with van der Waals surface area (Å²) in [5.41, 5.74) is 0.978. The molecule has 0 saturated carbocycles. The zero-order valence-electron chi connectivity index (χ0n) is 18.0. The first-order valence-corrected chi connectivity index (χ1v) is 10.9. The molecule has 3 aromatic rings. The van der Waals surface area contributed by atoms with Crippen molar-refractivity contribution in [1.82, 2.24) is 19.9 Å². The van der Waals surface area contributed by atoms with Gasteiger partial charge in [0, 0.05) is 25.5 Å². The number of halogens is 1. The lowest BCUT2D eigenvalue weighted by Gasteiger charge is -2.24. The van der Waals surface area contributed by atoms with Gasteiger partial charge in [-0.3, -0.25) is 10.1 Å². The number of anilines is 3. The first-order chi connectivity index (χ1) is 16.1. The first kappa shape index (κ1) is 22.7. The van der Waals surface area contributed by atoms with Crippen LogP contribution in [0.5, 0.6) is 5.75 Å². The molecule has 33 heavy (non-hydrogen) atoms. The van der Waals surface area contributed by atoms with Crippen molar-refractivity contribution in [3.63, 3.8) is 0 Å². The Balaban J connectivity index is 1.61. The van der Waals surface area contributed by atoms with Crippen molar-refractivity contribution in [1.29, 1.82) is 0 Å². The fourth-order valence-corrected chi connectivity index (χ4v) is 3.95. The van der Waals surface area contributed by atoms with Crippen LogP contribution in [0, 0.1) is 0 Å². The summed E-state index contributed by atoms with van der Waals surface area (Å²) in [7, 11) is 1.56. The van der Waals surface area contributed by atoms with Gasteiger partial charge in [-0.15, -0.1) is 0 Å². The third-order valence-electron chi connectivity index (χ3n) is 5.32. The van der Waals surface area contributed by atoms with Crippen LogP contribution in [-0.2, 0) is 6.54 Å². The Bertz CT molecular complexity index is 1120. The number of benzene rings is 1. The highest BCUT2D eigenvalue weighted by atomic mass is 35.5. The second-order valence-electron chi connectivity index (χ2n) is 7.45. The van der Waals surface area contributed by atoms with E-state index >= 15 is 0 Å². The maximum absolute atomic E-state index is 12.9. The van der Waals surface area contributed by atoms with Crippen LogP contribution in [0.3, 0.4) is 0 Å². The topological polar surface area (TPSA) is 125 Å². The van der Waals surface area contributed by atoms with Crippen LogP contribution >= 0.6 is 11.6 Å². The summed E-state index contributed by atoms with van der Waals surface area (Å²) >= 11 is 6.24. The van der Waals surface area contributed by atoms with Crippen molar-refractivity contribution in [3.8, 4) is 5.75 Å². The molecule has 172 valence electrons. The van der Waals surface area contributed by atoms with Crippen LogP contribution in [-0.4, -0.2) is 57.3 Å². The van der Waals surface area contributed by atoms with E-state index in [4.69, 9.17) is 16.3 Å².